The molecule has 0 radical (unpaired) electrons. The fraction of sp³-hybridized carbons (Fsp3) is 0.714. The fourth-order valence-electron chi connectivity index (χ4n) is 3.73. The Morgan fingerprint density at radius 2 is 1.93 bits per heavy atom. The molecule has 4 aliphatic rings. The average Bonchev–Trinajstić information content (AvgIpc) is 2.68. The van der Waals surface area contributed by atoms with E-state index in [4.69, 9.17) is 0 Å². The molecule has 2 atom stereocenters. The van der Waals surface area contributed by atoms with Crippen LogP contribution in [0.4, 0.5) is 0 Å². The monoisotopic (exact) mass is 203 g/mol. The molecule has 0 N–H and O–H groups in total. The lowest BCUT2D eigenvalue weighted by molar-refractivity contribution is 0.00501. The summed E-state index contributed by atoms with van der Waals surface area (Å²) in [6.45, 7) is 11.6. The van der Waals surface area contributed by atoms with E-state index >= 15 is 0 Å². The van der Waals surface area contributed by atoms with Crippen molar-refractivity contribution in [1.29, 1.82) is 0 Å². The van der Waals surface area contributed by atoms with E-state index in [1.165, 1.54) is 37.9 Å². The fourth-order valence-corrected chi connectivity index (χ4v) is 3.73. The van der Waals surface area contributed by atoms with Crippen LogP contribution in [0.2, 0.25) is 0 Å². The van der Waals surface area contributed by atoms with Gasteiger partial charge in [-0.25, -0.2) is 0 Å². The first kappa shape index (κ1) is 9.50. The van der Waals surface area contributed by atoms with Gasteiger partial charge in [0, 0.05) is 24.7 Å². The topological polar surface area (TPSA) is 3.24 Å². The zero-order valence-corrected chi connectivity index (χ0v) is 9.92. The van der Waals surface area contributed by atoms with Gasteiger partial charge in [0.05, 0.1) is 0 Å². The Morgan fingerprint density at radius 3 is 2.47 bits per heavy atom. The minimum Gasteiger partial charge on any atom is -0.375 e. The summed E-state index contributed by atoms with van der Waals surface area (Å²) in [6.07, 6.45) is 6.49. The van der Waals surface area contributed by atoms with E-state index in [0.717, 1.165) is 11.8 Å². The van der Waals surface area contributed by atoms with Crippen molar-refractivity contribution in [2.24, 2.45) is 17.3 Å². The molecule has 2 fully saturated rings. The van der Waals surface area contributed by atoms with Gasteiger partial charge in [-0.2, -0.15) is 0 Å². The van der Waals surface area contributed by atoms with Crippen LogP contribution in [-0.4, -0.2) is 18.0 Å². The summed E-state index contributed by atoms with van der Waals surface area (Å²) in [5.41, 5.74) is 3.46. The minimum absolute atomic E-state index is 0.476. The lowest BCUT2D eigenvalue weighted by atomic mass is 9.49. The molecule has 0 unspecified atom stereocenters. The van der Waals surface area contributed by atoms with Gasteiger partial charge >= 0.3 is 0 Å². The van der Waals surface area contributed by atoms with Crippen molar-refractivity contribution in [3.05, 3.63) is 23.9 Å². The van der Waals surface area contributed by atoms with Gasteiger partial charge in [0.2, 0.25) is 0 Å². The first-order valence-corrected chi connectivity index (χ1v) is 6.26. The molecule has 15 heavy (non-hydrogen) atoms. The SMILES string of the molecule is C=C1C=C(N2CCCC2)[C@H]2C[C@H]1C2(C)C. The summed E-state index contributed by atoms with van der Waals surface area (Å²) in [6, 6.07) is 0. The van der Waals surface area contributed by atoms with Crippen LogP contribution in [0.1, 0.15) is 33.1 Å². The molecule has 0 aromatic rings. The van der Waals surface area contributed by atoms with Gasteiger partial charge in [-0.1, -0.05) is 20.4 Å². The van der Waals surface area contributed by atoms with Gasteiger partial charge in [-0.15, -0.1) is 0 Å². The first-order chi connectivity index (χ1) is 7.10. The van der Waals surface area contributed by atoms with Crippen molar-refractivity contribution in [3.8, 4) is 0 Å². The van der Waals surface area contributed by atoms with Gasteiger partial charge < -0.3 is 4.90 Å². The highest BCUT2D eigenvalue weighted by atomic mass is 15.2. The van der Waals surface area contributed by atoms with Crippen LogP contribution < -0.4 is 0 Å². The second kappa shape index (κ2) is 2.90. The van der Waals surface area contributed by atoms with Crippen molar-refractivity contribution in [2.45, 2.75) is 33.1 Å². The lowest BCUT2D eigenvalue weighted by Crippen LogP contribution is -2.51. The van der Waals surface area contributed by atoms with Gasteiger partial charge in [0.25, 0.3) is 0 Å². The maximum Gasteiger partial charge on any atom is 0.0175 e. The Kier molecular flexibility index (Phi) is 1.84. The molecule has 4 rings (SSSR count). The highest BCUT2D eigenvalue weighted by molar-refractivity contribution is 5.38. The van der Waals surface area contributed by atoms with Crippen LogP contribution in [0.25, 0.3) is 0 Å². The third kappa shape index (κ3) is 1.15. The number of hydrogen-bond acceptors (Lipinski definition) is 1. The molecular formula is C14H21N. The quantitative estimate of drug-likeness (QED) is 0.632. The van der Waals surface area contributed by atoms with Crippen molar-refractivity contribution >= 4 is 0 Å². The van der Waals surface area contributed by atoms with Crippen LogP contribution in [-0.2, 0) is 0 Å². The summed E-state index contributed by atoms with van der Waals surface area (Å²) < 4.78 is 0. The number of nitrogens with zero attached hydrogens (tertiary/aromatic N) is 1. The molecule has 1 heterocycles. The van der Waals surface area contributed by atoms with Gasteiger partial charge in [0.15, 0.2) is 0 Å². The zero-order valence-electron chi connectivity index (χ0n) is 9.92. The number of fused-ring (bicyclic) bond motifs is 1. The number of allylic oxidation sites excluding steroid dienone is 3. The van der Waals surface area contributed by atoms with Crippen molar-refractivity contribution in [2.75, 3.05) is 13.1 Å². The molecule has 0 aromatic carbocycles. The molecular weight excluding hydrogens is 182 g/mol. The van der Waals surface area contributed by atoms with E-state index in [1.54, 1.807) is 5.70 Å². The molecule has 1 heteroatoms. The summed E-state index contributed by atoms with van der Waals surface area (Å²) in [5.74, 6) is 1.57. The standard InChI is InChI=1S/C14H21N/c1-10-8-13(15-6-4-5-7-15)12-9-11(10)14(12,2)3/h8,11-12H,1,4-7,9H2,2-3H3/t11-,12-/m1/s1. The van der Waals surface area contributed by atoms with Gasteiger partial charge in [-0.3, -0.25) is 0 Å². The maximum atomic E-state index is 4.25. The normalized spacial score (nSPS) is 37.6. The molecule has 1 saturated heterocycles. The summed E-state index contributed by atoms with van der Waals surface area (Å²) in [7, 11) is 0. The lowest BCUT2D eigenvalue weighted by Gasteiger charge is -2.58. The Labute approximate surface area is 92.8 Å². The highest BCUT2D eigenvalue weighted by Gasteiger charge is 2.54. The largest absolute Gasteiger partial charge is 0.375 e. The maximum absolute atomic E-state index is 4.25. The predicted octanol–water partition coefficient (Wildman–Crippen LogP) is 3.20. The van der Waals surface area contributed by atoms with Crippen LogP contribution in [0.5, 0.6) is 0 Å². The molecule has 1 nitrogen and oxygen atoms in total. The third-order valence-electron chi connectivity index (χ3n) is 4.88. The molecule has 0 spiro atoms. The second-order valence-electron chi connectivity index (χ2n) is 6.00. The number of hydrogen-bond donors (Lipinski definition) is 0. The van der Waals surface area contributed by atoms with Crippen LogP contribution in [0.15, 0.2) is 23.9 Å². The van der Waals surface area contributed by atoms with Crippen molar-refractivity contribution < 1.29 is 0 Å². The van der Waals surface area contributed by atoms with E-state index in [1.807, 2.05) is 0 Å². The van der Waals surface area contributed by atoms with Crippen LogP contribution >= 0.6 is 0 Å². The van der Waals surface area contributed by atoms with Crippen LogP contribution in [0, 0.1) is 17.3 Å². The van der Waals surface area contributed by atoms with E-state index < -0.39 is 0 Å². The highest BCUT2D eigenvalue weighted by Crippen LogP contribution is 2.61. The molecule has 1 aliphatic heterocycles. The second-order valence-corrected chi connectivity index (χ2v) is 6.00. The third-order valence-corrected chi connectivity index (χ3v) is 4.88. The average molecular weight is 203 g/mol. The van der Waals surface area contributed by atoms with Crippen molar-refractivity contribution in [1.82, 2.24) is 4.90 Å². The van der Waals surface area contributed by atoms with Crippen LogP contribution in [0.3, 0.4) is 0 Å². The Bertz CT molecular complexity index is 331. The molecule has 0 aromatic heterocycles. The first-order valence-electron chi connectivity index (χ1n) is 6.26. The van der Waals surface area contributed by atoms with E-state index in [0.29, 0.717) is 5.41 Å². The Hall–Kier alpha value is -0.720. The van der Waals surface area contributed by atoms with E-state index in [2.05, 4.69) is 31.4 Å². The Balaban J connectivity index is 1.92. The van der Waals surface area contributed by atoms with Gasteiger partial charge in [-0.05, 0) is 42.2 Å². The van der Waals surface area contributed by atoms with Gasteiger partial charge in [0.1, 0.15) is 0 Å². The molecule has 3 aliphatic carbocycles. The van der Waals surface area contributed by atoms with E-state index in [9.17, 15) is 0 Å². The number of likely N-dealkylation sites (tertiary alicyclic amines) is 1. The molecule has 1 saturated carbocycles. The zero-order chi connectivity index (χ0) is 10.6. The van der Waals surface area contributed by atoms with E-state index in [-0.39, 0.29) is 0 Å². The Morgan fingerprint density at radius 1 is 1.27 bits per heavy atom. The minimum atomic E-state index is 0.476. The predicted molar refractivity (Wildman–Crippen MR) is 63.4 cm³/mol. The molecule has 2 bridgehead atoms. The summed E-state index contributed by atoms with van der Waals surface area (Å²) >= 11 is 0. The summed E-state index contributed by atoms with van der Waals surface area (Å²) in [5, 5.41) is 0. The molecule has 82 valence electrons. The molecule has 0 amide bonds. The van der Waals surface area contributed by atoms with Crippen molar-refractivity contribution in [3.63, 3.8) is 0 Å². The number of rotatable bonds is 1. The summed E-state index contributed by atoms with van der Waals surface area (Å²) in [4.78, 5) is 2.60. The smallest absolute Gasteiger partial charge is 0.0175 e.